The minimum Gasteiger partial charge on any atom is -0.494 e. The first-order valence-corrected chi connectivity index (χ1v) is 11.2. The third-order valence-electron chi connectivity index (χ3n) is 2.64. The number of ether oxygens (including phenoxy) is 1. The summed E-state index contributed by atoms with van der Waals surface area (Å²) >= 11 is 1.71. The van der Waals surface area contributed by atoms with E-state index in [-0.39, 0.29) is 0 Å². The largest absolute Gasteiger partial charge is 0.494 e. The first kappa shape index (κ1) is 15.1. The van der Waals surface area contributed by atoms with Crippen molar-refractivity contribution < 1.29 is 4.74 Å². The molecular weight excluding hydrogens is 288 g/mol. The van der Waals surface area contributed by atoms with Crippen LogP contribution in [-0.2, 0) is 0 Å². The molecule has 0 aliphatic rings. The fourth-order valence-electron chi connectivity index (χ4n) is 1.67. The molecule has 20 heavy (non-hydrogen) atoms. The van der Waals surface area contributed by atoms with E-state index < -0.39 is 8.07 Å². The number of rotatable bonds is 5. The van der Waals surface area contributed by atoms with Crippen LogP contribution >= 0.6 is 11.8 Å². The summed E-state index contributed by atoms with van der Waals surface area (Å²) in [6.07, 6.45) is 0. The van der Waals surface area contributed by atoms with Gasteiger partial charge in [-0.15, -0.1) is 5.10 Å². The molecular formula is C13H20N4OSSi. The second kappa shape index (κ2) is 5.97. The van der Waals surface area contributed by atoms with Gasteiger partial charge in [-0.3, -0.25) is 0 Å². The monoisotopic (exact) mass is 308 g/mol. The molecule has 0 amide bonds. The highest BCUT2D eigenvalue weighted by atomic mass is 32.2. The van der Waals surface area contributed by atoms with E-state index in [9.17, 15) is 0 Å². The van der Waals surface area contributed by atoms with Crippen LogP contribution in [0.5, 0.6) is 5.75 Å². The molecule has 5 nitrogen and oxygen atoms in total. The highest BCUT2D eigenvalue weighted by Gasteiger charge is 2.18. The molecule has 0 radical (unpaired) electrons. The summed E-state index contributed by atoms with van der Waals surface area (Å²) in [5.41, 5.74) is 2.04. The van der Waals surface area contributed by atoms with Crippen molar-refractivity contribution in [1.82, 2.24) is 20.2 Å². The third kappa shape index (κ3) is 3.60. The Morgan fingerprint density at radius 1 is 1.30 bits per heavy atom. The predicted octanol–water partition coefficient (Wildman–Crippen LogP) is 2.95. The van der Waals surface area contributed by atoms with E-state index in [0.29, 0.717) is 0 Å². The van der Waals surface area contributed by atoms with Crippen LogP contribution in [0.2, 0.25) is 19.6 Å². The average molecular weight is 308 g/mol. The Morgan fingerprint density at radius 2 is 2.05 bits per heavy atom. The minimum atomic E-state index is -1.15. The number of tetrazole rings is 1. The quantitative estimate of drug-likeness (QED) is 0.628. The Kier molecular flexibility index (Phi) is 4.49. The lowest BCUT2D eigenvalue weighted by atomic mass is 10.2. The van der Waals surface area contributed by atoms with E-state index in [1.165, 1.54) is 0 Å². The number of aryl methyl sites for hydroxylation is 1. The first-order valence-electron chi connectivity index (χ1n) is 6.47. The molecule has 0 bridgehead atoms. The second-order valence-electron chi connectivity index (χ2n) is 5.90. The van der Waals surface area contributed by atoms with E-state index in [1.807, 2.05) is 25.1 Å². The number of benzene rings is 1. The second-order valence-corrected chi connectivity index (χ2v) is 12.8. The lowest BCUT2D eigenvalue weighted by molar-refractivity contribution is 0.410. The number of hydrogen-bond acceptors (Lipinski definition) is 5. The maximum atomic E-state index is 5.41. The Balaban J connectivity index is 2.34. The molecule has 2 rings (SSSR count). The first-order chi connectivity index (χ1) is 9.40. The van der Waals surface area contributed by atoms with Gasteiger partial charge in [-0.25, -0.2) is 0 Å². The molecule has 0 saturated heterocycles. The topological polar surface area (TPSA) is 52.8 Å². The molecule has 0 aliphatic heterocycles. The number of thioether (sulfide) groups is 1. The van der Waals surface area contributed by atoms with Crippen molar-refractivity contribution in [2.75, 3.05) is 12.5 Å². The summed E-state index contributed by atoms with van der Waals surface area (Å²) in [5, 5.41) is 13.9. The lowest BCUT2D eigenvalue weighted by Gasteiger charge is -2.15. The Morgan fingerprint density at radius 3 is 2.70 bits per heavy atom. The fraction of sp³-hybridized carbons (Fsp3) is 0.462. The zero-order valence-electron chi connectivity index (χ0n) is 12.5. The van der Waals surface area contributed by atoms with E-state index in [2.05, 4.69) is 35.2 Å². The van der Waals surface area contributed by atoms with Gasteiger partial charge < -0.3 is 4.74 Å². The van der Waals surface area contributed by atoms with E-state index in [0.717, 1.165) is 27.5 Å². The summed E-state index contributed by atoms with van der Waals surface area (Å²) < 4.78 is 7.17. The summed E-state index contributed by atoms with van der Waals surface area (Å²) in [7, 11) is 0.513. The van der Waals surface area contributed by atoms with Gasteiger partial charge in [0, 0.05) is 0 Å². The Bertz CT molecular complexity index is 594. The lowest BCUT2D eigenvalue weighted by Crippen LogP contribution is -2.24. The van der Waals surface area contributed by atoms with Crippen molar-refractivity contribution in [2.24, 2.45) is 0 Å². The molecule has 108 valence electrons. The smallest absolute Gasteiger partial charge is 0.213 e. The summed E-state index contributed by atoms with van der Waals surface area (Å²) in [4.78, 5) is 0. The molecule has 1 aromatic heterocycles. The van der Waals surface area contributed by atoms with Crippen molar-refractivity contribution in [3.63, 3.8) is 0 Å². The molecule has 0 N–H and O–H groups in total. The number of methoxy groups -OCH3 is 1. The maximum absolute atomic E-state index is 5.41. The van der Waals surface area contributed by atoms with Gasteiger partial charge in [-0.2, -0.15) is 4.68 Å². The van der Waals surface area contributed by atoms with Crippen molar-refractivity contribution in [3.05, 3.63) is 23.8 Å². The van der Waals surface area contributed by atoms with Crippen molar-refractivity contribution in [2.45, 2.75) is 31.7 Å². The van der Waals surface area contributed by atoms with Gasteiger partial charge in [-0.1, -0.05) is 37.5 Å². The third-order valence-corrected chi connectivity index (χ3v) is 7.19. The van der Waals surface area contributed by atoms with Crippen LogP contribution in [0.1, 0.15) is 5.56 Å². The highest BCUT2D eigenvalue weighted by Crippen LogP contribution is 2.27. The number of hydrogen-bond donors (Lipinski definition) is 0. The van der Waals surface area contributed by atoms with E-state index in [1.54, 1.807) is 23.6 Å². The van der Waals surface area contributed by atoms with Crippen LogP contribution < -0.4 is 4.74 Å². The van der Waals surface area contributed by atoms with Crippen molar-refractivity contribution in [1.29, 1.82) is 0 Å². The van der Waals surface area contributed by atoms with Gasteiger partial charge >= 0.3 is 0 Å². The van der Waals surface area contributed by atoms with Gasteiger partial charge in [0.15, 0.2) is 0 Å². The van der Waals surface area contributed by atoms with Crippen LogP contribution in [0.15, 0.2) is 23.4 Å². The molecule has 2 aromatic rings. The van der Waals surface area contributed by atoms with Crippen molar-refractivity contribution >= 4 is 19.8 Å². The molecule has 0 fully saturated rings. The Hall–Kier alpha value is -1.34. The average Bonchev–Trinajstić information content (AvgIpc) is 2.83. The van der Waals surface area contributed by atoms with E-state index >= 15 is 0 Å². The summed E-state index contributed by atoms with van der Waals surface area (Å²) in [6, 6.07) is 5.99. The van der Waals surface area contributed by atoms with Gasteiger partial charge in [0.25, 0.3) is 0 Å². The standard InChI is InChI=1S/C13H20N4OSSi/c1-10-6-7-12(18-2)11(8-10)17-13(14-15-16-17)19-9-20(3,4)5/h6-8H,9H2,1-5H3. The van der Waals surface area contributed by atoms with Crippen LogP contribution in [0.25, 0.3) is 5.69 Å². The molecule has 0 saturated carbocycles. The van der Waals surface area contributed by atoms with Crippen LogP contribution in [0, 0.1) is 6.92 Å². The maximum Gasteiger partial charge on any atom is 0.213 e. The van der Waals surface area contributed by atoms with Crippen LogP contribution in [0.3, 0.4) is 0 Å². The fourth-order valence-corrected chi connectivity index (χ4v) is 4.27. The van der Waals surface area contributed by atoms with E-state index in [4.69, 9.17) is 4.74 Å². The number of aromatic nitrogens is 4. The summed E-state index contributed by atoms with van der Waals surface area (Å²) in [5.74, 6) is 0.776. The molecule has 0 aliphatic carbocycles. The van der Waals surface area contributed by atoms with Crippen LogP contribution in [-0.4, -0.2) is 40.8 Å². The summed E-state index contributed by atoms with van der Waals surface area (Å²) in [6.45, 7) is 9.05. The normalized spacial score (nSPS) is 11.7. The van der Waals surface area contributed by atoms with Crippen molar-refractivity contribution in [3.8, 4) is 11.4 Å². The molecule has 0 atom stereocenters. The van der Waals surface area contributed by atoms with Gasteiger partial charge in [0.1, 0.15) is 11.4 Å². The van der Waals surface area contributed by atoms with Crippen LogP contribution in [0.4, 0.5) is 0 Å². The number of nitrogens with zero attached hydrogens (tertiary/aromatic N) is 4. The zero-order valence-corrected chi connectivity index (χ0v) is 14.4. The molecule has 7 heteroatoms. The molecule has 1 heterocycles. The van der Waals surface area contributed by atoms with Gasteiger partial charge in [-0.05, 0) is 40.4 Å². The molecule has 1 aromatic carbocycles. The minimum absolute atomic E-state index is 0.776. The predicted molar refractivity (Wildman–Crippen MR) is 84.5 cm³/mol. The SMILES string of the molecule is COc1ccc(C)cc1-n1nnnc1SC[Si](C)(C)C. The highest BCUT2D eigenvalue weighted by molar-refractivity contribution is 8.00. The van der Waals surface area contributed by atoms with Gasteiger partial charge in [0.05, 0.1) is 15.2 Å². The molecule has 0 spiro atoms. The zero-order chi connectivity index (χ0) is 14.8. The molecule has 0 unspecified atom stereocenters. The Labute approximate surface area is 124 Å². The van der Waals surface area contributed by atoms with Gasteiger partial charge in [0.2, 0.25) is 5.16 Å².